The molecule has 1 heterocycles. The van der Waals surface area contributed by atoms with Crippen molar-refractivity contribution in [2.45, 2.75) is 24.7 Å². The maximum atomic E-state index is 2.53. The maximum absolute atomic E-state index is 2.53. The molecule has 11 aromatic carbocycles. The number of benzene rings is 11. The van der Waals surface area contributed by atoms with Gasteiger partial charge in [-0.2, -0.15) is 0 Å². The minimum Gasteiger partial charge on any atom is -0.310 e. The zero-order valence-corrected chi connectivity index (χ0v) is 40.1. The number of hydrogen-bond donors (Lipinski definition) is 0. The van der Waals surface area contributed by atoms with E-state index >= 15 is 0 Å². The number of fused-ring (bicyclic) bond motifs is 18. The molecule has 0 atom stereocenters. The number of hydrogen-bond acceptors (Lipinski definition) is 1. The molecule has 3 aliphatic rings. The van der Waals surface area contributed by atoms with E-state index in [1.165, 1.54) is 111 Å². The lowest BCUT2D eigenvalue weighted by Crippen LogP contribution is -2.29. The molecule has 12 aromatic rings. The Morgan fingerprint density at radius 1 is 0.306 bits per heavy atom. The fraction of sp³-hybridized carbons (Fsp3) is 0.0571. The highest BCUT2D eigenvalue weighted by Gasteiger charge is 2.50. The molecule has 0 fully saturated rings. The van der Waals surface area contributed by atoms with Crippen LogP contribution in [0.4, 0.5) is 17.1 Å². The van der Waals surface area contributed by atoms with Gasteiger partial charge in [-0.05, 0) is 150 Å². The number of anilines is 3. The maximum Gasteiger partial charge on any atom is 0.0726 e. The Labute approximate surface area is 420 Å². The SMILES string of the molecule is CC1(C)c2ccccc2-c2ccc(N(c3ccc(-c4cccc5c4c4ccccc4n5-c4ccccc4)cc3)c3ccc4c(c3)C3(c5ccccc5-c5ccccc5-c5ccccc53)c3ccccc3-4)cc21. The Morgan fingerprint density at radius 3 is 1.36 bits per heavy atom. The smallest absolute Gasteiger partial charge is 0.0726 e. The van der Waals surface area contributed by atoms with E-state index < -0.39 is 5.41 Å². The monoisotopic (exact) mass is 916 g/mol. The lowest BCUT2D eigenvalue weighted by molar-refractivity contribution is 0.660. The topological polar surface area (TPSA) is 8.17 Å². The van der Waals surface area contributed by atoms with Crippen LogP contribution in [0.2, 0.25) is 0 Å². The Morgan fingerprint density at radius 2 is 0.736 bits per heavy atom. The molecule has 0 aliphatic heterocycles. The molecule has 1 aromatic heterocycles. The van der Waals surface area contributed by atoms with Crippen LogP contribution in [-0.2, 0) is 10.8 Å². The van der Waals surface area contributed by atoms with Gasteiger partial charge in [0.05, 0.1) is 16.4 Å². The van der Waals surface area contributed by atoms with Crippen LogP contribution in [0.1, 0.15) is 47.2 Å². The molecule has 15 rings (SSSR count). The summed E-state index contributed by atoms with van der Waals surface area (Å²) >= 11 is 0. The van der Waals surface area contributed by atoms with Crippen LogP contribution in [0.15, 0.2) is 255 Å². The van der Waals surface area contributed by atoms with E-state index in [-0.39, 0.29) is 5.41 Å². The second-order valence-corrected chi connectivity index (χ2v) is 20.3. The second-order valence-electron chi connectivity index (χ2n) is 20.3. The molecular formula is C70H48N2. The average Bonchev–Trinajstić information content (AvgIpc) is 3.99. The summed E-state index contributed by atoms with van der Waals surface area (Å²) in [6.07, 6.45) is 0. The summed E-state index contributed by atoms with van der Waals surface area (Å²) in [5, 5.41) is 2.51. The summed E-state index contributed by atoms with van der Waals surface area (Å²) in [5.74, 6) is 0. The summed E-state index contributed by atoms with van der Waals surface area (Å²) in [4.78, 5) is 2.51. The second kappa shape index (κ2) is 15.3. The van der Waals surface area contributed by atoms with Crippen molar-refractivity contribution < 1.29 is 0 Å². The van der Waals surface area contributed by atoms with Crippen LogP contribution in [0.25, 0.3) is 83.1 Å². The molecule has 0 saturated carbocycles. The van der Waals surface area contributed by atoms with Gasteiger partial charge in [0.2, 0.25) is 0 Å². The largest absolute Gasteiger partial charge is 0.310 e. The minimum atomic E-state index is -0.594. The Kier molecular flexibility index (Phi) is 8.66. The Hall–Kier alpha value is -8.98. The number of aromatic nitrogens is 1. The predicted molar refractivity (Wildman–Crippen MR) is 300 cm³/mol. The molecule has 0 radical (unpaired) electrons. The van der Waals surface area contributed by atoms with Gasteiger partial charge in [-0.3, -0.25) is 0 Å². The van der Waals surface area contributed by atoms with Gasteiger partial charge in [-0.15, -0.1) is 0 Å². The molecule has 0 saturated heterocycles. The number of rotatable bonds is 5. The average molecular weight is 917 g/mol. The molecular weight excluding hydrogens is 869 g/mol. The fourth-order valence-corrected chi connectivity index (χ4v) is 13.4. The van der Waals surface area contributed by atoms with Gasteiger partial charge in [0.15, 0.2) is 0 Å². The van der Waals surface area contributed by atoms with Gasteiger partial charge in [-0.25, -0.2) is 0 Å². The Balaban J connectivity index is 0.962. The third-order valence-corrected chi connectivity index (χ3v) is 16.4. The minimum absolute atomic E-state index is 0.165. The highest BCUT2D eigenvalue weighted by atomic mass is 15.1. The first kappa shape index (κ1) is 40.9. The van der Waals surface area contributed by atoms with Crippen LogP contribution in [0.3, 0.4) is 0 Å². The van der Waals surface area contributed by atoms with Gasteiger partial charge >= 0.3 is 0 Å². The molecule has 0 unspecified atom stereocenters. The van der Waals surface area contributed by atoms with Gasteiger partial charge in [0.1, 0.15) is 0 Å². The first-order valence-electron chi connectivity index (χ1n) is 25.3. The molecule has 338 valence electrons. The van der Waals surface area contributed by atoms with Crippen LogP contribution >= 0.6 is 0 Å². The molecule has 2 nitrogen and oxygen atoms in total. The zero-order valence-electron chi connectivity index (χ0n) is 40.1. The lowest BCUT2D eigenvalue weighted by Gasteiger charge is -2.36. The quantitative estimate of drug-likeness (QED) is 0.167. The van der Waals surface area contributed by atoms with Crippen molar-refractivity contribution in [1.29, 1.82) is 0 Å². The van der Waals surface area contributed by atoms with Crippen molar-refractivity contribution in [3.63, 3.8) is 0 Å². The van der Waals surface area contributed by atoms with Crippen LogP contribution in [0, 0.1) is 0 Å². The number of para-hydroxylation sites is 2. The first-order chi connectivity index (χ1) is 35.5. The van der Waals surface area contributed by atoms with E-state index in [1.54, 1.807) is 0 Å². The predicted octanol–water partition coefficient (Wildman–Crippen LogP) is 18.2. The fourth-order valence-electron chi connectivity index (χ4n) is 13.4. The zero-order chi connectivity index (χ0) is 47.7. The molecule has 2 heteroatoms. The third kappa shape index (κ3) is 5.55. The van der Waals surface area contributed by atoms with E-state index in [2.05, 4.69) is 278 Å². The van der Waals surface area contributed by atoms with E-state index in [0.29, 0.717) is 0 Å². The standard InChI is InChI=1S/C70H48N2/c1-69(2)60-29-13-8-25-55(60)57-41-39-48(43-64(57)69)71(47-37-35-45(36-38-47)50-28-18-34-67-68(50)59-27-12-17-33-66(59)72(67)46-19-4-3-5-20-46)49-40-42-58-56-26-11-16-32-63(56)70(65(58)44-49)61-30-14-9-23-53(61)51-21-6-7-22-52(51)54-24-10-15-31-62(54)70/h3-44H,1-2H3. The molecule has 1 spiro atoms. The van der Waals surface area contributed by atoms with E-state index in [9.17, 15) is 0 Å². The van der Waals surface area contributed by atoms with Crippen molar-refractivity contribution in [2.24, 2.45) is 0 Å². The lowest BCUT2D eigenvalue weighted by atomic mass is 9.66. The summed E-state index contributed by atoms with van der Waals surface area (Å²) < 4.78 is 2.40. The number of nitrogens with zero attached hydrogens (tertiary/aromatic N) is 2. The molecule has 72 heavy (non-hydrogen) atoms. The van der Waals surface area contributed by atoms with E-state index in [0.717, 1.165) is 22.7 Å². The molecule has 0 N–H and O–H groups in total. The van der Waals surface area contributed by atoms with Crippen molar-refractivity contribution >= 4 is 38.9 Å². The van der Waals surface area contributed by atoms with E-state index in [1.807, 2.05) is 0 Å². The highest BCUT2D eigenvalue weighted by molar-refractivity contribution is 6.16. The van der Waals surface area contributed by atoms with E-state index in [4.69, 9.17) is 0 Å². The van der Waals surface area contributed by atoms with Crippen molar-refractivity contribution in [1.82, 2.24) is 4.57 Å². The van der Waals surface area contributed by atoms with Gasteiger partial charge < -0.3 is 9.47 Å². The van der Waals surface area contributed by atoms with Crippen molar-refractivity contribution in [2.75, 3.05) is 4.90 Å². The van der Waals surface area contributed by atoms with Crippen LogP contribution < -0.4 is 4.90 Å². The molecule has 0 amide bonds. The summed E-state index contributed by atoms with van der Waals surface area (Å²) in [6.45, 7) is 4.76. The normalized spacial score (nSPS) is 13.9. The highest BCUT2D eigenvalue weighted by Crippen LogP contribution is 2.62. The first-order valence-corrected chi connectivity index (χ1v) is 25.3. The van der Waals surface area contributed by atoms with Crippen molar-refractivity contribution in [3.8, 4) is 61.3 Å². The summed E-state index contributed by atoms with van der Waals surface area (Å²) in [5.41, 5.74) is 26.8. The van der Waals surface area contributed by atoms with Gasteiger partial charge in [-0.1, -0.05) is 208 Å². The van der Waals surface area contributed by atoms with Crippen LogP contribution in [-0.4, -0.2) is 4.57 Å². The summed E-state index contributed by atoms with van der Waals surface area (Å²) in [6, 6.07) is 95.5. The van der Waals surface area contributed by atoms with Crippen LogP contribution in [0.5, 0.6) is 0 Å². The Bertz CT molecular complexity index is 4120. The molecule has 3 aliphatic carbocycles. The van der Waals surface area contributed by atoms with Crippen molar-refractivity contribution in [3.05, 3.63) is 288 Å². The molecule has 0 bridgehead atoms. The van der Waals surface area contributed by atoms with Gasteiger partial charge in [0, 0.05) is 38.9 Å². The summed E-state index contributed by atoms with van der Waals surface area (Å²) in [7, 11) is 0. The third-order valence-electron chi connectivity index (χ3n) is 16.4. The van der Waals surface area contributed by atoms with Gasteiger partial charge in [0.25, 0.3) is 0 Å².